The molecule has 0 saturated carbocycles. The third kappa shape index (κ3) is 17.8. The Balaban J connectivity index is 0. The third-order valence-electron chi connectivity index (χ3n) is 0.394. The number of carboxylic acid groups (broad SMARTS) is 1. The molecule has 0 spiro atoms. The van der Waals surface area contributed by atoms with Crippen molar-refractivity contribution in [2.24, 2.45) is 0 Å². The number of aldehydes is 2. The first kappa shape index (κ1) is 13.5. The molecule has 0 fully saturated rings. The molecular formula is C6H6O7. The van der Waals surface area contributed by atoms with Gasteiger partial charge in [-0.2, -0.15) is 0 Å². The summed E-state index contributed by atoms with van der Waals surface area (Å²) < 4.78 is 3.53. The monoisotopic (exact) mass is 190 g/mol. The van der Waals surface area contributed by atoms with Crippen LogP contribution in [0.5, 0.6) is 0 Å². The van der Waals surface area contributed by atoms with E-state index < -0.39 is 17.9 Å². The maximum absolute atomic E-state index is 9.81. The summed E-state index contributed by atoms with van der Waals surface area (Å²) in [4.78, 5) is 47.4. The fourth-order valence-electron chi connectivity index (χ4n) is 0.147. The zero-order valence-corrected chi connectivity index (χ0v) is 6.55. The lowest BCUT2D eigenvalue weighted by molar-refractivity contribution is -0.162. The van der Waals surface area contributed by atoms with Crippen molar-refractivity contribution >= 4 is 30.5 Å². The van der Waals surface area contributed by atoms with Gasteiger partial charge in [-0.05, 0) is 0 Å². The zero-order valence-electron chi connectivity index (χ0n) is 6.55. The highest BCUT2D eigenvalue weighted by Gasteiger charge is 2.05. The maximum atomic E-state index is 9.81. The molecule has 0 rings (SSSR count). The summed E-state index contributed by atoms with van der Waals surface area (Å²) in [6.45, 7) is 1.08. The molecule has 13 heavy (non-hydrogen) atoms. The minimum absolute atomic E-state index is 0.207. The van der Waals surface area contributed by atoms with E-state index in [2.05, 4.69) is 4.74 Å². The maximum Gasteiger partial charge on any atom is 0.379 e. The Kier molecular flexibility index (Phi) is 8.38. The minimum Gasteiger partial charge on any atom is -0.481 e. The lowest BCUT2D eigenvalue weighted by Gasteiger charge is -1.85. The van der Waals surface area contributed by atoms with Gasteiger partial charge < -0.3 is 9.84 Å². The van der Waals surface area contributed by atoms with Gasteiger partial charge >= 0.3 is 11.9 Å². The first-order valence-electron chi connectivity index (χ1n) is 2.79. The van der Waals surface area contributed by atoms with Crippen LogP contribution in [0.1, 0.15) is 6.92 Å². The van der Waals surface area contributed by atoms with Crippen LogP contribution in [0, 0.1) is 0 Å². The molecule has 0 unspecified atom stereocenters. The van der Waals surface area contributed by atoms with Crippen LogP contribution in [0.3, 0.4) is 0 Å². The van der Waals surface area contributed by atoms with Crippen molar-refractivity contribution in [1.29, 1.82) is 0 Å². The van der Waals surface area contributed by atoms with E-state index in [4.69, 9.17) is 9.90 Å². The van der Waals surface area contributed by atoms with E-state index in [-0.39, 0.29) is 12.6 Å². The van der Waals surface area contributed by atoms with E-state index in [1.807, 2.05) is 0 Å². The standard InChI is InChI=1S/C4H2O5.C2H4O2/c5-1-3(7)9-4(8)2-6;1-2(3)4/h1-2H;1H3,(H,3,4). The van der Waals surface area contributed by atoms with Gasteiger partial charge in [0.15, 0.2) is 0 Å². The summed E-state index contributed by atoms with van der Waals surface area (Å²) in [5.74, 6) is -3.57. The Labute approximate surface area is 72.3 Å². The van der Waals surface area contributed by atoms with Crippen molar-refractivity contribution < 1.29 is 33.8 Å². The highest BCUT2D eigenvalue weighted by Crippen LogP contribution is 1.71. The van der Waals surface area contributed by atoms with Gasteiger partial charge in [-0.3, -0.25) is 14.4 Å². The van der Waals surface area contributed by atoms with Crippen molar-refractivity contribution in [3.8, 4) is 0 Å². The Hall–Kier alpha value is -2.05. The average Bonchev–Trinajstić information content (AvgIpc) is 2.03. The van der Waals surface area contributed by atoms with Gasteiger partial charge in [0.2, 0.25) is 12.6 Å². The molecule has 0 aromatic rings. The quantitative estimate of drug-likeness (QED) is 0.245. The summed E-state index contributed by atoms with van der Waals surface area (Å²) in [5, 5.41) is 7.42. The summed E-state index contributed by atoms with van der Waals surface area (Å²) in [6, 6.07) is 0. The van der Waals surface area contributed by atoms with Crippen LogP contribution in [0.15, 0.2) is 0 Å². The van der Waals surface area contributed by atoms with Gasteiger partial charge in [-0.25, -0.2) is 9.59 Å². The van der Waals surface area contributed by atoms with Crippen LogP contribution in [0.25, 0.3) is 0 Å². The molecule has 0 aliphatic heterocycles. The smallest absolute Gasteiger partial charge is 0.379 e. The van der Waals surface area contributed by atoms with Crippen molar-refractivity contribution in [3.05, 3.63) is 0 Å². The molecule has 0 aliphatic carbocycles. The van der Waals surface area contributed by atoms with Crippen molar-refractivity contribution in [2.45, 2.75) is 6.92 Å². The van der Waals surface area contributed by atoms with Gasteiger partial charge in [-0.15, -0.1) is 0 Å². The van der Waals surface area contributed by atoms with E-state index >= 15 is 0 Å². The van der Waals surface area contributed by atoms with Crippen LogP contribution in [-0.4, -0.2) is 35.6 Å². The summed E-state index contributed by atoms with van der Waals surface area (Å²) in [6.07, 6.45) is -0.414. The van der Waals surface area contributed by atoms with E-state index in [9.17, 15) is 19.2 Å². The van der Waals surface area contributed by atoms with Crippen molar-refractivity contribution in [2.75, 3.05) is 0 Å². The highest BCUT2D eigenvalue weighted by molar-refractivity contribution is 6.30. The van der Waals surface area contributed by atoms with Crippen molar-refractivity contribution in [1.82, 2.24) is 0 Å². The Morgan fingerprint density at radius 2 is 1.31 bits per heavy atom. The molecule has 1 N–H and O–H groups in total. The second-order valence-electron chi connectivity index (χ2n) is 1.49. The van der Waals surface area contributed by atoms with Gasteiger partial charge in [0.05, 0.1) is 0 Å². The number of hydrogen-bond donors (Lipinski definition) is 1. The van der Waals surface area contributed by atoms with E-state index in [0.717, 1.165) is 6.92 Å². The predicted octanol–water partition coefficient (Wildman–Crippen LogP) is -1.46. The zero-order chi connectivity index (χ0) is 10.9. The number of aliphatic carboxylic acids is 1. The number of esters is 2. The second kappa shape index (κ2) is 8.05. The molecule has 0 aromatic carbocycles. The molecule has 7 nitrogen and oxygen atoms in total. The summed E-state index contributed by atoms with van der Waals surface area (Å²) in [7, 11) is 0. The van der Waals surface area contributed by atoms with Gasteiger partial charge in [-0.1, -0.05) is 0 Å². The van der Waals surface area contributed by atoms with E-state index in [0.29, 0.717) is 0 Å². The number of carboxylic acids is 1. The van der Waals surface area contributed by atoms with Gasteiger partial charge in [0, 0.05) is 6.92 Å². The highest BCUT2D eigenvalue weighted by atomic mass is 16.6. The molecule has 0 bridgehead atoms. The number of carbonyl (C=O) groups is 5. The van der Waals surface area contributed by atoms with Crippen molar-refractivity contribution in [3.63, 3.8) is 0 Å². The van der Waals surface area contributed by atoms with E-state index in [1.165, 1.54) is 0 Å². The van der Waals surface area contributed by atoms with Crippen LogP contribution in [-0.2, 0) is 28.7 Å². The van der Waals surface area contributed by atoms with Gasteiger partial charge in [0.1, 0.15) is 0 Å². The fraction of sp³-hybridized carbons (Fsp3) is 0.167. The number of rotatable bonds is 2. The van der Waals surface area contributed by atoms with Crippen LogP contribution >= 0.6 is 0 Å². The molecule has 0 saturated heterocycles. The second-order valence-corrected chi connectivity index (χ2v) is 1.49. The number of hydrogen-bond acceptors (Lipinski definition) is 6. The number of carbonyl (C=O) groups excluding carboxylic acids is 4. The molecular weight excluding hydrogens is 184 g/mol. The summed E-state index contributed by atoms with van der Waals surface area (Å²) >= 11 is 0. The molecule has 0 atom stereocenters. The first-order valence-corrected chi connectivity index (χ1v) is 2.79. The Morgan fingerprint density at radius 3 is 1.46 bits per heavy atom. The van der Waals surface area contributed by atoms with Gasteiger partial charge in [0.25, 0.3) is 5.97 Å². The molecule has 0 aromatic heterocycles. The molecule has 7 heteroatoms. The lowest BCUT2D eigenvalue weighted by atomic mass is 10.7. The third-order valence-corrected chi connectivity index (χ3v) is 0.394. The normalized spacial score (nSPS) is 7.15. The molecule has 0 radical (unpaired) electrons. The molecule has 72 valence electrons. The Morgan fingerprint density at radius 1 is 1.08 bits per heavy atom. The minimum atomic E-state index is -1.37. The van der Waals surface area contributed by atoms with Crippen LogP contribution < -0.4 is 0 Å². The first-order chi connectivity index (χ1) is 5.93. The topological polar surface area (TPSA) is 115 Å². The molecule has 0 amide bonds. The average molecular weight is 190 g/mol. The predicted molar refractivity (Wildman–Crippen MR) is 36.5 cm³/mol. The number of ether oxygens (including phenoxy) is 1. The molecule has 0 aliphatic rings. The largest absolute Gasteiger partial charge is 0.481 e. The van der Waals surface area contributed by atoms with Crippen LogP contribution in [0.4, 0.5) is 0 Å². The molecule has 0 heterocycles. The lowest BCUT2D eigenvalue weighted by Crippen LogP contribution is -2.13. The van der Waals surface area contributed by atoms with E-state index in [1.54, 1.807) is 0 Å². The fourth-order valence-corrected chi connectivity index (χ4v) is 0.147. The summed E-state index contributed by atoms with van der Waals surface area (Å²) in [5.41, 5.74) is 0. The van der Waals surface area contributed by atoms with Crippen LogP contribution in [0.2, 0.25) is 0 Å². The Bertz CT molecular complexity index is 207. The SMILES string of the molecule is CC(=O)O.O=CC(=O)OC(=O)C=O.